The van der Waals surface area contributed by atoms with Crippen molar-refractivity contribution in [3.05, 3.63) is 60.4 Å². The zero-order valence-corrected chi connectivity index (χ0v) is 14.8. The molecule has 0 aliphatic carbocycles. The molecule has 0 aliphatic rings. The largest absolute Gasteiger partial charge is 0.311 e. The number of sulfonamides is 1. The Kier molecular flexibility index (Phi) is 5.37. The highest BCUT2D eigenvalue weighted by Gasteiger charge is 2.03. The van der Waals surface area contributed by atoms with Crippen molar-refractivity contribution in [2.75, 3.05) is 19.3 Å². The Labute approximate surface area is 147 Å². The van der Waals surface area contributed by atoms with Gasteiger partial charge in [-0.3, -0.25) is 0 Å². The molecule has 0 saturated heterocycles. The molecule has 1 heterocycles. The average molecular weight is 356 g/mol. The smallest absolute Gasteiger partial charge is 0.208 e. The van der Waals surface area contributed by atoms with Crippen LogP contribution in [0.15, 0.2) is 54.9 Å². The SMILES string of the molecule is CS(=O)(=O)NCCNCc1cnc(-c2ccc3ccccc3c2)nc1. The van der Waals surface area contributed by atoms with Crippen LogP contribution < -0.4 is 10.0 Å². The summed E-state index contributed by atoms with van der Waals surface area (Å²) in [4.78, 5) is 8.86. The summed E-state index contributed by atoms with van der Waals surface area (Å²) in [6, 6.07) is 14.4. The summed E-state index contributed by atoms with van der Waals surface area (Å²) in [5.41, 5.74) is 1.93. The fourth-order valence-electron chi connectivity index (χ4n) is 2.48. The number of hydrogen-bond acceptors (Lipinski definition) is 5. The number of fused-ring (bicyclic) bond motifs is 1. The number of hydrogen-bond donors (Lipinski definition) is 2. The summed E-state index contributed by atoms with van der Waals surface area (Å²) in [6.45, 7) is 1.48. The summed E-state index contributed by atoms with van der Waals surface area (Å²) in [6.07, 6.45) is 4.72. The van der Waals surface area contributed by atoms with Crippen LogP contribution in [0.2, 0.25) is 0 Å². The van der Waals surface area contributed by atoms with Crippen LogP contribution in [0.25, 0.3) is 22.2 Å². The lowest BCUT2D eigenvalue weighted by Crippen LogP contribution is -2.30. The van der Waals surface area contributed by atoms with E-state index in [0.717, 1.165) is 22.8 Å². The number of rotatable bonds is 7. The summed E-state index contributed by atoms with van der Waals surface area (Å²) in [7, 11) is -3.14. The molecule has 0 radical (unpaired) electrons. The molecule has 0 saturated carbocycles. The summed E-state index contributed by atoms with van der Waals surface area (Å²) >= 11 is 0. The third kappa shape index (κ3) is 5.06. The highest BCUT2D eigenvalue weighted by atomic mass is 32.2. The summed E-state index contributed by atoms with van der Waals surface area (Å²) in [5.74, 6) is 0.688. The van der Waals surface area contributed by atoms with Crippen molar-refractivity contribution in [1.82, 2.24) is 20.0 Å². The fourth-order valence-corrected chi connectivity index (χ4v) is 2.95. The first-order valence-electron chi connectivity index (χ1n) is 7.97. The molecule has 130 valence electrons. The predicted molar refractivity (Wildman–Crippen MR) is 99.5 cm³/mol. The van der Waals surface area contributed by atoms with E-state index in [1.165, 1.54) is 5.39 Å². The van der Waals surface area contributed by atoms with Crippen molar-refractivity contribution >= 4 is 20.8 Å². The molecule has 3 aromatic rings. The van der Waals surface area contributed by atoms with Gasteiger partial charge in [0.2, 0.25) is 10.0 Å². The third-order valence-electron chi connectivity index (χ3n) is 3.71. The maximum Gasteiger partial charge on any atom is 0.208 e. The Morgan fingerprint density at radius 2 is 1.68 bits per heavy atom. The minimum atomic E-state index is -3.14. The molecular formula is C18H20N4O2S. The van der Waals surface area contributed by atoms with E-state index in [0.29, 0.717) is 25.5 Å². The lowest BCUT2D eigenvalue weighted by atomic mass is 10.1. The van der Waals surface area contributed by atoms with E-state index in [1.807, 2.05) is 18.2 Å². The molecule has 0 atom stereocenters. The molecule has 2 N–H and O–H groups in total. The van der Waals surface area contributed by atoms with Gasteiger partial charge in [-0.05, 0) is 16.8 Å². The van der Waals surface area contributed by atoms with Gasteiger partial charge in [0.25, 0.3) is 0 Å². The fraction of sp³-hybridized carbons (Fsp3) is 0.222. The average Bonchev–Trinajstić information content (AvgIpc) is 2.60. The molecule has 0 aliphatic heterocycles. The topological polar surface area (TPSA) is 84.0 Å². The van der Waals surface area contributed by atoms with Crippen molar-refractivity contribution in [2.24, 2.45) is 0 Å². The second-order valence-corrected chi connectivity index (χ2v) is 7.65. The molecule has 0 fully saturated rings. The van der Waals surface area contributed by atoms with Crippen molar-refractivity contribution in [2.45, 2.75) is 6.54 Å². The monoisotopic (exact) mass is 356 g/mol. The molecule has 25 heavy (non-hydrogen) atoms. The van der Waals surface area contributed by atoms with Gasteiger partial charge >= 0.3 is 0 Å². The number of nitrogens with zero attached hydrogens (tertiary/aromatic N) is 2. The quantitative estimate of drug-likeness (QED) is 0.632. The van der Waals surface area contributed by atoms with Gasteiger partial charge in [0.05, 0.1) is 6.26 Å². The van der Waals surface area contributed by atoms with Crippen molar-refractivity contribution in [1.29, 1.82) is 0 Å². The van der Waals surface area contributed by atoms with Crippen molar-refractivity contribution in [3.8, 4) is 11.4 Å². The van der Waals surface area contributed by atoms with Crippen LogP contribution >= 0.6 is 0 Å². The van der Waals surface area contributed by atoms with Gasteiger partial charge in [0, 0.05) is 43.2 Å². The van der Waals surface area contributed by atoms with Gasteiger partial charge in [-0.15, -0.1) is 0 Å². The maximum atomic E-state index is 11.0. The van der Waals surface area contributed by atoms with Crippen molar-refractivity contribution < 1.29 is 8.42 Å². The van der Waals surface area contributed by atoms with E-state index in [1.54, 1.807) is 12.4 Å². The van der Waals surface area contributed by atoms with Crippen molar-refractivity contribution in [3.63, 3.8) is 0 Å². The Balaban J connectivity index is 1.59. The van der Waals surface area contributed by atoms with E-state index in [2.05, 4.69) is 44.3 Å². The van der Waals surface area contributed by atoms with E-state index >= 15 is 0 Å². The first kappa shape index (κ1) is 17.5. The van der Waals surface area contributed by atoms with Crippen LogP contribution in [0.5, 0.6) is 0 Å². The molecular weight excluding hydrogens is 336 g/mol. The van der Waals surface area contributed by atoms with Crippen LogP contribution in [-0.2, 0) is 16.6 Å². The minimum Gasteiger partial charge on any atom is -0.311 e. The zero-order chi connectivity index (χ0) is 17.7. The number of aromatic nitrogens is 2. The highest BCUT2D eigenvalue weighted by Crippen LogP contribution is 2.21. The molecule has 0 spiro atoms. The molecule has 2 aromatic carbocycles. The standard InChI is InChI=1S/C18H20N4O2S/c1-25(23,24)22-9-8-19-11-14-12-20-18(21-13-14)17-7-6-15-4-2-3-5-16(15)10-17/h2-7,10,12-13,19,22H,8-9,11H2,1H3. The van der Waals surface area contributed by atoms with Gasteiger partial charge in [-0.2, -0.15) is 0 Å². The maximum absolute atomic E-state index is 11.0. The lowest BCUT2D eigenvalue weighted by Gasteiger charge is -2.06. The van der Waals surface area contributed by atoms with Crippen LogP contribution in [0.1, 0.15) is 5.56 Å². The Morgan fingerprint density at radius 1 is 0.960 bits per heavy atom. The first-order valence-corrected chi connectivity index (χ1v) is 9.86. The second kappa shape index (κ2) is 7.69. The van der Waals surface area contributed by atoms with Gasteiger partial charge < -0.3 is 5.32 Å². The third-order valence-corrected chi connectivity index (χ3v) is 4.44. The van der Waals surface area contributed by atoms with Gasteiger partial charge in [0.15, 0.2) is 5.82 Å². The molecule has 3 rings (SSSR count). The van der Waals surface area contributed by atoms with E-state index < -0.39 is 10.0 Å². The summed E-state index contributed by atoms with van der Waals surface area (Å²) < 4.78 is 24.4. The zero-order valence-electron chi connectivity index (χ0n) is 13.9. The van der Waals surface area contributed by atoms with Crippen LogP contribution in [0, 0.1) is 0 Å². The first-order chi connectivity index (χ1) is 12.0. The van der Waals surface area contributed by atoms with Crippen LogP contribution in [-0.4, -0.2) is 37.7 Å². The minimum absolute atomic E-state index is 0.356. The van der Waals surface area contributed by atoms with Crippen LogP contribution in [0.4, 0.5) is 0 Å². The van der Waals surface area contributed by atoms with Gasteiger partial charge in [-0.1, -0.05) is 36.4 Å². The van der Waals surface area contributed by atoms with Crippen LogP contribution in [0.3, 0.4) is 0 Å². The Morgan fingerprint density at radius 3 is 2.40 bits per heavy atom. The Hall–Kier alpha value is -2.35. The van der Waals surface area contributed by atoms with Gasteiger partial charge in [-0.25, -0.2) is 23.1 Å². The second-order valence-electron chi connectivity index (χ2n) is 5.82. The van der Waals surface area contributed by atoms with E-state index in [4.69, 9.17) is 0 Å². The van der Waals surface area contributed by atoms with E-state index in [9.17, 15) is 8.42 Å². The summed E-state index contributed by atoms with van der Waals surface area (Å²) in [5, 5.41) is 5.50. The lowest BCUT2D eigenvalue weighted by molar-refractivity contribution is 0.581. The molecule has 6 nitrogen and oxygen atoms in total. The molecule has 1 aromatic heterocycles. The molecule has 0 unspecified atom stereocenters. The Bertz CT molecular complexity index is 956. The predicted octanol–water partition coefficient (Wildman–Crippen LogP) is 1.94. The molecule has 0 bridgehead atoms. The normalized spacial score (nSPS) is 11.7. The number of nitrogens with one attached hydrogen (secondary N) is 2. The number of benzene rings is 2. The molecule has 7 heteroatoms. The highest BCUT2D eigenvalue weighted by molar-refractivity contribution is 7.88. The van der Waals surface area contributed by atoms with E-state index in [-0.39, 0.29) is 0 Å². The molecule has 0 amide bonds. The van der Waals surface area contributed by atoms with Gasteiger partial charge in [0.1, 0.15) is 0 Å².